The molecule has 0 unspecified atom stereocenters. The molecular formula is C13H14BrClN2O2. The maximum atomic E-state index is 12.2. The molecule has 1 aliphatic carbocycles. The van der Waals surface area contributed by atoms with Gasteiger partial charge in [-0.25, -0.2) is 0 Å². The molecular weight excluding hydrogens is 332 g/mol. The topological polar surface area (TPSA) is 72.2 Å². The van der Waals surface area contributed by atoms with Crippen LogP contribution >= 0.6 is 27.5 Å². The second kappa shape index (κ2) is 5.92. The summed E-state index contributed by atoms with van der Waals surface area (Å²) in [6, 6.07) is 4.96. The van der Waals surface area contributed by atoms with Crippen LogP contribution in [0, 0.1) is 5.92 Å². The van der Waals surface area contributed by atoms with Crippen molar-refractivity contribution in [2.75, 3.05) is 0 Å². The highest BCUT2D eigenvalue weighted by Gasteiger charge is 2.33. The number of nitrogens with two attached hydrogens (primary N) is 1. The van der Waals surface area contributed by atoms with Gasteiger partial charge in [0.1, 0.15) is 0 Å². The van der Waals surface area contributed by atoms with Crippen LogP contribution in [0.5, 0.6) is 0 Å². The average molecular weight is 346 g/mol. The van der Waals surface area contributed by atoms with E-state index in [4.69, 9.17) is 17.3 Å². The quantitative estimate of drug-likeness (QED) is 0.883. The van der Waals surface area contributed by atoms with Gasteiger partial charge in [-0.3, -0.25) is 9.59 Å². The smallest absolute Gasteiger partial charge is 0.253 e. The molecule has 0 aromatic heterocycles. The van der Waals surface area contributed by atoms with E-state index < -0.39 is 0 Å². The van der Waals surface area contributed by atoms with Crippen molar-refractivity contribution in [3.8, 4) is 0 Å². The number of rotatable bonds is 3. The molecule has 1 fully saturated rings. The molecule has 4 nitrogen and oxygen atoms in total. The summed E-state index contributed by atoms with van der Waals surface area (Å²) in [6.45, 7) is 0. The lowest BCUT2D eigenvalue weighted by atomic mass is 10.0. The van der Waals surface area contributed by atoms with Crippen LogP contribution < -0.4 is 11.1 Å². The Balaban J connectivity index is 2.13. The molecule has 1 aromatic rings. The van der Waals surface area contributed by atoms with E-state index in [0.717, 1.165) is 19.3 Å². The summed E-state index contributed by atoms with van der Waals surface area (Å²) in [7, 11) is 0. The Hall–Kier alpha value is -1.07. The Morgan fingerprint density at radius 3 is 2.79 bits per heavy atom. The van der Waals surface area contributed by atoms with Gasteiger partial charge in [-0.2, -0.15) is 0 Å². The Kier molecular flexibility index (Phi) is 4.47. The molecule has 0 saturated heterocycles. The minimum atomic E-state index is -0.358. The van der Waals surface area contributed by atoms with Crippen molar-refractivity contribution in [3.63, 3.8) is 0 Å². The number of hydrogen-bond donors (Lipinski definition) is 2. The fourth-order valence-corrected chi connectivity index (χ4v) is 2.98. The number of primary amides is 1. The van der Waals surface area contributed by atoms with Crippen LogP contribution in [0.15, 0.2) is 22.7 Å². The first-order valence-corrected chi connectivity index (χ1v) is 7.22. The predicted molar refractivity (Wildman–Crippen MR) is 76.9 cm³/mol. The third-order valence-electron chi connectivity index (χ3n) is 3.39. The third-order valence-corrected chi connectivity index (χ3v) is 4.69. The van der Waals surface area contributed by atoms with Gasteiger partial charge in [0, 0.05) is 10.5 Å². The number of nitrogens with one attached hydrogen (secondary N) is 1. The van der Waals surface area contributed by atoms with Gasteiger partial charge in [-0.1, -0.05) is 24.1 Å². The van der Waals surface area contributed by atoms with Gasteiger partial charge in [0.15, 0.2) is 0 Å². The first-order valence-electron chi connectivity index (χ1n) is 6.05. The van der Waals surface area contributed by atoms with Gasteiger partial charge in [0.25, 0.3) is 5.91 Å². The summed E-state index contributed by atoms with van der Waals surface area (Å²) in [6.07, 6.45) is 2.39. The van der Waals surface area contributed by atoms with Gasteiger partial charge >= 0.3 is 0 Å². The largest absolute Gasteiger partial charge is 0.369 e. The highest BCUT2D eigenvalue weighted by molar-refractivity contribution is 9.10. The lowest BCUT2D eigenvalue weighted by Gasteiger charge is -2.18. The second-order valence-electron chi connectivity index (χ2n) is 4.62. The maximum Gasteiger partial charge on any atom is 0.253 e. The number of benzene rings is 1. The van der Waals surface area contributed by atoms with Crippen LogP contribution in [-0.2, 0) is 4.79 Å². The highest BCUT2D eigenvalue weighted by Crippen LogP contribution is 2.28. The Morgan fingerprint density at radius 2 is 2.11 bits per heavy atom. The van der Waals surface area contributed by atoms with E-state index in [9.17, 15) is 9.59 Å². The minimum absolute atomic E-state index is 0.194. The van der Waals surface area contributed by atoms with Crippen molar-refractivity contribution in [1.82, 2.24) is 5.32 Å². The number of amides is 2. The number of carbonyl (C=O) groups excluding carboxylic acids is 2. The Labute approximate surface area is 124 Å². The molecule has 2 rings (SSSR count). The van der Waals surface area contributed by atoms with Crippen LogP contribution in [0.4, 0.5) is 0 Å². The number of hydrogen-bond acceptors (Lipinski definition) is 2. The SMILES string of the molecule is NC(=O)[C@@H]1CCC[C@@H]1NC(=O)c1cccc(Br)c1Cl. The fourth-order valence-electron chi connectivity index (χ4n) is 2.40. The Morgan fingerprint density at radius 1 is 1.37 bits per heavy atom. The molecule has 6 heteroatoms. The fraction of sp³-hybridized carbons (Fsp3) is 0.385. The average Bonchev–Trinajstić information content (AvgIpc) is 2.80. The van der Waals surface area contributed by atoms with Crippen molar-refractivity contribution in [1.29, 1.82) is 0 Å². The minimum Gasteiger partial charge on any atom is -0.369 e. The van der Waals surface area contributed by atoms with E-state index >= 15 is 0 Å². The molecule has 0 bridgehead atoms. The van der Waals surface area contributed by atoms with Crippen molar-refractivity contribution in [2.45, 2.75) is 25.3 Å². The monoisotopic (exact) mass is 344 g/mol. The zero-order chi connectivity index (χ0) is 14.0. The first kappa shape index (κ1) is 14.3. The Bertz CT molecular complexity index is 521. The van der Waals surface area contributed by atoms with E-state index in [0.29, 0.717) is 15.1 Å². The van der Waals surface area contributed by atoms with E-state index in [2.05, 4.69) is 21.2 Å². The van der Waals surface area contributed by atoms with E-state index in [1.807, 2.05) is 0 Å². The second-order valence-corrected chi connectivity index (χ2v) is 5.85. The van der Waals surface area contributed by atoms with Gasteiger partial charge in [-0.15, -0.1) is 0 Å². The standard InChI is InChI=1S/C13H14BrClN2O2/c14-9-5-1-4-8(11(9)15)13(19)17-10-6-2-3-7(10)12(16)18/h1,4-5,7,10H,2-3,6H2,(H2,16,18)(H,17,19)/t7-,10+/m1/s1. The van der Waals surface area contributed by atoms with Crippen molar-refractivity contribution in [2.24, 2.45) is 11.7 Å². The van der Waals surface area contributed by atoms with E-state index in [1.54, 1.807) is 18.2 Å². The predicted octanol–water partition coefficient (Wildman–Crippen LogP) is 2.49. The number of halogens is 2. The van der Waals surface area contributed by atoms with E-state index in [-0.39, 0.29) is 23.8 Å². The molecule has 2 amide bonds. The highest BCUT2D eigenvalue weighted by atomic mass is 79.9. The van der Waals surface area contributed by atoms with Crippen LogP contribution in [0.1, 0.15) is 29.6 Å². The van der Waals surface area contributed by atoms with Crippen LogP contribution in [-0.4, -0.2) is 17.9 Å². The first-order chi connectivity index (χ1) is 9.00. The zero-order valence-corrected chi connectivity index (χ0v) is 12.5. The summed E-state index contributed by atoms with van der Waals surface area (Å²) in [5, 5.41) is 3.22. The lowest BCUT2D eigenvalue weighted by Crippen LogP contribution is -2.42. The molecule has 0 radical (unpaired) electrons. The maximum absolute atomic E-state index is 12.2. The molecule has 102 valence electrons. The summed E-state index contributed by atoms with van der Waals surface area (Å²) in [4.78, 5) is 23.5. The molecule has 1 aromatic carbocycles. The van der Waals surface area contributed by atoms with E-state index in [1.165, 1.54) is 0 Å². The molecule has 0 aliphatic heterocycles. The van der Waals surface area contributed by atoms with Gasteiger partial charge in [0.05, 0.1) is 16.5 Å². The van der Waals surface area contributed by atoms with Crippen LogP contribution in [0.25, 0.3) is 0 Å². The third kappa shape index (κ3) is 3.09. The molecule has 0 heterocycles. The van der Waals surface area contributed by atoms with Crippen molar-refractivity contribution < 1.29 is 9.59 Å². The summed E-state index contributed by atoms with van der Waals surface area (Å²) < 4.78 is 0.666. The van der Waals surface area contributed by atoms with Gasteiger partial charge in [0.2, 0.25) is 5.91 Å². The van der Waals surface area contributed by atoms with Gasteiger partial charge < -0.3 is 11.1 Å². The molecule has 19 heavy (non-hydrogen) atoms. The molecule has 2 atom stereocenters. The molecule has 1 aliphatic rings. The summed E-state index contributed by atoms with van der Waals surface area (Å²) in [5.41, 5.74) is 5.73. The molecule has 1 saturated carbocycles. The molecule has 0 spiro atoms. The van der Waals surface area contributed by atoms with Crippen molar-refractivity contribution in [3.05, 3.63) is 33.3 Å². The summed E-state index contributed by atoms with van der Waals surface area (Å²) >= 11 is 9.35. The normalized spacial score (nSPS) is 22.2. The number of carbonyl (C=O) groups is 2. The van der Waals surface area contributed by atoms with Crippen molar-refractivity contribution >= 4 is 39.3 Å². The van der Waals surface area contributed by atoms with Gasteiger partial charge in [-0.05, 0) is 40.9 Å². The van der Waals surface area contributed by atoms with Crippen LogP contribution in [0.3, 0.4) is 0 Å². The lowest BCUT2D eigenvalue weighted by molar-refractivity contribution is -0.122. The van der Waals surface area contributed by atoms with Crippen LogP contribution in [0.2, 0.25) is 5.02 Å². The summed E-state index contributed by atoms with van der Waals surface area (Å²) in [5.74, 6) is -0.914. The molecule has 3 N–H and O–H groups in total. The zero-order valence-electron chi connectivity index (χ0n) is 10.2.